The van der Waals surface area contributed by atoms with Crippen LogP contribution in [0.1, 0.15) is 81.9 Å². The molecule has 1 amide bonds. The number of carbonyl (C=O) groups excluding carboxylic acids is 1. The molecule has 11 heteroatoms. The van der Waals surface area contributed by atoms with Crippen LogP contribution in [0.15, 0.2) is 47.5 Å². The van der Waals surface area contributed by atoms with Gasteiger partial charge >= 0.3 is 6.09 Å². The maximum Gasteiger partial charge on any atom is 0.410 e. The summed E-state index contributed by atoms with van der Waals surface area (Å²) in [6, 6.07) is 11.7. The number of hydrogen-bond acceptors (Lipinski definition) is 9. The van der Waals surface area contributed by atoms with Gasteiger partial charge < -0.3 is 19.6 Å². The minimum absolute atomic E-state index is 0.0214. The fourth-order valence-corrected chi connectivity index (χ4v) is 8.38. The second-order valence-corrected chi connectivity index (χ2v) is 16.6. The van der Waals surface area contributed by atoms with Crippen molar-refractivity contribution >= 4 is 33.3 Å². The number of carbonyl (C=O) groups is 1. The van der Waals surface area contributed by atoms with Crippen molar-refractivity contribution in [2.45, 2.75) is 89.9 Å². The van der Waals surface area contributed by atoms with Crippen LogP contribution < -0.4 is 10.5 Å². The van der Waals surface area contributed by atoms with E-state index in [1.54, 1.807) is 34.7 Å². The zero-order valence-corrected chi connectivity index (χ0v) is 29.2. The number of aliphatic hydroxyl groups is 1. The molecule has 1 N–H and O–H groups in total. The first kappa shape index (κ1) is 32.3. The Morgan fingerprint density at radius 3 is 2.58 bits per heavy atom. The number of hydrogen-bond donors (Lipinski definition) is 1. The summed E-state index contributed by atoms with van der Waals surface area (Å²) in [5, 5.41) is 24.9. The SMILES string of the molecule is CC(C)(C)OC(=O)N1C[C@H](N2C[C@H]3C[C@H]3c3cc(C#N)cc(-c4ccnc5cc(Cn6ncc(C(C)(C)C)cc6=O)sc45)c32)C[C@@H]1CO. The van der Waals surface area contributed by atoms with Crippen LogP contribution in [-0.2, 0) is 16.7 Å². The molecular formula is C37H42N6O4S. The molecule has 10 nitrogen and oxygen atoms in total. The molecule has 1 saturated carbocycles. The van der Waals surface area contributed by atoms with Gasteiger partial charge in [-0.1, -0.05) is 20.8 Å². The molecule has 4 aromatic rings. The van der Waals surface area contributed by atoms with Crippen molar-refractivity contribution in [3.63, 3.8) is 0 Å². The van der Waals surface area contributed by atoms with Gasteiger partial charge in [0.15, 0.2) is 0 Å². The first-order chi connectivity index (χ1) is 22.7. The second-order valence-electron chi connectivity index (χ2n) is 15.5. The van der Waals surface area contributed by atoms with Gasteiger partial charge in [0.2, 0.25) is 0 Å². The van der Waals surface area contributed by atoms with Gasteiger partial charge in [-0.15, -0.1) is 11.3 Å². The number of ether oxygens (including phenoxy) is 1. The Morgan fingerprint density at radius 2 is 1.90 bits per heavy atom. The van der Waals surface area contributed by atoms with Crippen molar-refractivity contribution in [2.75, 3.05) is 24.6 Å². The molecule has 0 spiro atoms. The van der Waals surface area contributed by atoms with Crippen LogP contribution in [0.2, 0.25) is 0 Å². The predicted molar refractivity (Wildman–Crippen MR) is 186 cm³/mol. The summed E-state index contributed by atoms with van der Waals surface area (Å²) in [5.41, 5.74) is 5.61. The van der Waals surface area contributed by atoms with Crippen LogP contribution in [0.3, 0.4) is 0 Å². The first-order valence-corrected chi connectivity index (χ1v) is 17.5. The molecule has 1 aliphatic carbocycles. The Balaban J connectivity index is 1.28. The van der Waals surface area contributed by atoms with E-state index in [0.29, 0.717) is 36.9 Å². The zero-order chi connectivity index (χ0) is 34.1. The number of pyridine rings is 1. The van der Waals surface area contributed by atoms with Gasteiger partial charge in [-0.2, -0.15) is 10.4 Å². The second kappa shape index (κ2) is 11.7. The van der Waals surface area contributed by atoms with E-state index >= 15 is 0 Å². The number of aromatic nitrogens is 3. The van der Waals surface area contributed by atoms with Crippen LogP contribution in [0.25, 0.3) is 21.3 Å². The number of thiophene rings is 1. The van der Waals surface area contributed by atoms with Gasteiger partial charge in [-0.05, 0) is 86.3 Å². The molecule has 1 saturated heterocycles. The number of anilines is 1. The number of amides is 1. The highest BCUT2D eigenvalue weighted by molar-refractivity contribution is 7.19. The van der Waals surface area contributed by atoms with Gasteiger partial charge in [0, 0.05) is 53.1 Å². The summed E-state index contributed by atoms with van der Waals surface area (Å²) in [7, 11) is 0. The topological polar surface area (TPSA) is 125 Å². The molecule has 3 aromatic heterocycles. The average Bonchev–Trinajstić information content (AvgIpc) is 3.49. The summed E-state index contributed by atoms with van der Waals surface area (Å²) in [5.74, 6) is 0.884. The van der Waals surface area contributed by atoms with E-state index in [1.165, 1.54) is 10.2 Å². The van der Waals surface area contributed by atoms with Crippen molar-refractivity contribution in [2.24, 2.45) is 5.92 Å². The average molecular weight is 667 g/mol. The van der Waals surface area contributed by atoms with E-state index in [-0.39, 0.29) is 29.7 Å². The number of aliphatic hydroxyl groups excluding tert-OH is 1. The lowest BCUT2D eigenvalue weighted by atomic mass is 9.89. The van der Waals surface area contributed by atoms with Gasteiger partial charge in [0.25, 0.3) is 5.56 Å². The molecule has 3 aliphatic rings. The minimum atomic E-state index is -0.638. The molecular weight excluding hydrogens is 625 g/mol. The monoisotopic (exact) mass is 666 g/mol. The lowest BCUT2D eigenvalue weighted by molar-refractivity contribution is 0.0174. The van der Waals surface area contributed by atoms with Crippen molar-refractivity contribution in [3.05, 3.63) is 74.6 Å². The third-order valence-corrected chi connectivity index (χ3v) is 10.9. The van der Waals surface area contributed by atoms with Crippen LogP contribution in [-0.4, -0.2) is 68.2 Å². The third-order valence-electron chi connectivity index (χ3n) is 9.78. The summed E-state index contributed by atoms with van der Waals surface area (Å²) in [6.07, 6.45) is 4.85. The maximum absolute atomic E-state index is 13.2. The number of likely N-dealkylation sites (tertiary alicyclic amines) is 1. The molecule has 0 bridgehead atoms. The molecule has 2 fully saturated rings. The summed E-state index contributed by atoms with van der Waals surface area (Å²) < 4.78 is 8.19. The van der Waals surface area contributed by atoms with Crippen LogP contribution in [0.5, 0.6) is 0 Å². The maximum atomic E-state index is 13.2. The standard InChI is InChI=1S/C37H42N6O4S/c1-36(2,3)23-12-32(45)43(40-16-23)19-26-14-31-34(48-26)27(7-8-39-31)29-9-21(15-38)10-30-28-11-22(28)17-41(33(29)30)24-13-25(20-44)42(18-24)35(46)47-37(4,5)6/h7-10,12,14,16,22,24-25,28,44H,11,13,17-20H2,1-6H3/t22-,24-,25-,28-/m1/s1. The van der Waals surface area contributed by atoms with Crippen molar-refractivity contribution in [1.29, 1.82) is 5.26 Å². The number of fused-ring (bicyclic) bond motifs is 4. The normalized spacial score (nSPS) is 22.0. The predicted octanol–water partition coefficient (Wildman–Crippen LogP) is 6.03. The molecule has 250 valence electrons. The number of nitriles is 1. The number of rotatable bonds is 5. The number of nitrogens with zero attached hydrogens (tertiary/aromatic N) is 6. The highest BCUT2D eigenvalue weighted by atomic mass is 32.1. The van der Waals surface area contributed by atoms with Crippen LogP contribution in [0.4, 0.5) is 10.5 Å². The molecule has 4 atom stereocenters. The van der Waals surface area contributed by atoms with Crippen LogP contribution in [0, 0.1) is 17.2 Å². The van der Waals surface area contributed by atoms with Gasteiger partial charge in [0.05, 0.1) is 47.2 Å². The Labute approximate surface area is 284 Å². The van der Waals surface area contributed by atoms with Gasteiger partial charge in [-0.3, -0.25) is 9.78 Å². The summed E-state index contributed by atoms with van der Waals surface area (Å²) in [4.78, 5) is 36.0. The van der Waals surface area contributed by atoms with Crippen LogP contribution >= 0.6 is 11.3 Å². The van der Waals surface area contributed by atoms with E-state index in [4.69, 9.17) is 9.72 Å². The lowest BCUT2D eigenvalue weighted by Crippen LogP contribution is -2.44. The van der Waals surface area contributed by atoms with E-state index in [0.717, 1.165) is 50.4 Å². The zero-order valence-electron chi connectivity index (χ0n) is 28.4. The van der Waals surface area contributed by atoms with E-state index in [1.807, 2.05) is 45.0 Å². The van der Waals surface area contributed by atoms with E-state index in [2.05, 4.69) is 36.8 Å². The van der Waals surface area contributed by atoms with E-state index in [9.17, 15) is 20.0 Å². The Bertz CT molecular complexity index is 2020. The fourth-order valence-electron chi connectivity index (χ4n) is 7.26. The van der Waals surface area contributed by atoms with E-state index < -0.39 is 11.7 Å². The minimum Gasteiger partial charge on any atom is -0.444 e. The number of benzene rings is 1. The van der Waals surface area contributed by atoms with Crippen molar-refractivity contribution in [1.82, 2.24) is 19.7 Å². The molecule has 7 rings (SSSR count). The largest absolute Gasteiger partial charge is 0.444 e. The molecule has 1 aromatic carbocycles. The fraction of sp³-hybridized carbons (Fsp3) is 0.486. The Morgan fingerprint density at radius 1 is 1.10 bits per heavy atom. The van der Waals surface area contributed by atoms with Crippen molar-refractivity contribution < 1.29 is 14.6 Å². The molecule has 0 unspecified atom stereocenters. The smallest absolute Gasteiger partial charge is 0.410 e. The molecule has 48 heavy (non-hydrogen) atoms. The first-order valence-electron chi connectivity index (χ1n) is 16.6. The van der Waals surface area contributed by atoms with Gasteiger partial charge in [-0.25, -0.2) is 9.48 Å². The summed E-state index contributed by atoms with van der Waals surface area (Å²) >= 11 is 1.59. The highest BCUT2D eigenvalue weighted by Crippen LogP contribution is 2.58. The Kier molecular flexibility index (Phi) is 7.87. The quantitative estimate of drug-likeness (QED) is 0.274. The Hall–Kier alpha value is -4.27. The molecule has 2 aliphatic heterocycles. The lowest BCUT2D eigenvalue weighted by Gasteiger charge is -2.38. The molecule has 0 radical (unpaired) electrons. The summed E-state index contributed by atoms with van der Waals surface area (Å²) in [6.45, 7) is 13.2. The van der Waals surface area contributed by atoms with Gasteiger partial charge in [0.1, 0.15) is 5.60 Å². The highest BCUT2D eigenvalue weighted by Gasteiger charge is 2.50. The third kappa shape index (κ3) is 5.96. The van der Waals surface area contributed by atoms with Crippen molar-refractivity contribution in [3.8, 4) is 17.2 Å². The molecule has 5 heterocycles.